The van der Waals surface area contributed by atoms with Crippen molar-refractivity contribution in [3.8, 4) is 0 Å². The molecule has 1 heterocycles. The van der Waals surface area contributed by atoms with Gasteiger partial charge in [-0.3, -0.25) is 9.59 Å². The van der Waals surface area contributed by atoms with Crippen LogP contribution >= 0.6 is 0 Å². The zero-order chi connectivity index (χ0) is 26.6. The second-order valence-corrected chi connectivity index (χ2v) is 11.6. The molecule has 37 heavy (non-hydrogen) atoms. The zero-order valence-electron chi connectivity index (χ0n) is 20.7. The van der Waals surface area contributed by atoms with Gasteiger partial charge in [0.25, 0.3) is 5.91 Å². The summed E-state index contributed by atoms with van der Waals surface area (Å²) in [6, 6.07) is 11.9. The van der Waals surface area contributed by atoms with E-state index in [1.807, 2.05) is 0 Å². The SMILES string of the molecule is CS(=O)(=O)N1CCN(C(=O)[C@H](CCN[C@@H]2C[C@H]2c2ccc(F)cc2)NC(=O)c2ccc(CF)cc2)CC1. The topological polar surface area (TPSA) is 98.8 Å². The maximum Gasteiger partial charge on any atom is 0.251 e. The van der Waals surface area contributed by atoms with Crippen LogP contribution in [0.4, 0.5) is 8.78 Å². The molecule has 1 aliphatic carbocycles. The lowest BCUT2D eigenvalue weighted by atomic mass is 10.1. The van der Waals surface area contributed by atoms with Crippen LogP contribution in [0.5, 0.6) is 0 Å². The third-order valence-electron chi connectivity index (χ3n) is 6.92. The zero-order valence-corrected chi connectivity index (χ0v) is 21.5. The molecule has 0 bridgehead atoms. The first-order valence-corrected chi connectivity index (χ1v) is 14.2. The highest BCUT2D eigenvalue weighted by Crippen LogP contribution is 2.40. The summed E-state index contributed by atoms with van der Waals surface area (Å²) >= 11 is 0. The lowest BCUT2D eigenvalue weighted by Crippen LogP contribution is -2.56. The van der Waals surface area contributed by atoms with Gasteiger partial charge in [0, 0.05) is 43.7 Å². The van der Waals surface area contributed by atoms with Gasteiger partial charge in [-0.15, -0.1) is 0 Å². The van der Waals surface area contributed by atoms with Crippen molar-refractivity contribution in [2.24, 2.45) is 0 Å². The van der Waals surface area contributed by atoms with Crippen molar-refractivity contribution < 1.29 is 26.8 Å². The predicted molar refractivity (Wildman–Crippen MR) is 136 cm³/mol. The number of nitrogens with one attached hydrogen (secondary N) is 2. The Kier molecular flexibility index (Phi) is 8.56. The fraction of sp³-hybridized carbons (Fsp3) is 0.462. The summed E-state index contributed by atoms with van der Waals surface area (Å²) in [5.41, 5.74) is 1.83. The predicted octanol–water partition coefficient (Wildman–Crippen LogP) is 2.03. The number of carbonyl (C=O) groups excluding carboxylic acids is 2. The number of amides is 2. The standard InChI is InChI=1S/C26H32F2N4O4S/c1-37(35,36)32-14-12-31(13-15-32)26(34)23(30-25(33)20-4-2-18(17-27)3-5-20)10-11-29-24-16-22(24)19-6-8-21(28)9-7-19/h2-9,22-24,29H,10-17H2,1H3,(H,30,33)/t22-,23-,24+/m0/s1. The molecule has 2 aliphatic rings. The molecule has 4 rings (SSSR count). The molecule has 200 valence electrons. The Morgan fingerprint density at radius 1 is 1.03 bits per heavy atom. The summed E-state index contributed by atoms with van der Waals surface area (Å²) in [5.74, 6) is -0.700. The number of alkyl halides is 1. The average Bonchev–Trinajstić information content (AvgIpc) is 3.67. The van der Waals surface area contributed by atoms with Crippen LogP contribution in [-0.2, 0) is 21.5 Å². The molecule has 0 spiro atoms. The van der Waals surface area contributed by atoms with Gasteiger partial charge in [0.2, 0.25) is 15.9 Å². The number of benzene rings is 2. The molecule has 2 aromatic carbocycles. The van der Waals surface area contributed by atoms with Crippen LogP contribution in [0.25, 0.3) is 0 Å². The van der Waals surface area contributed by atoms with E-state index in [1.54, 1.807) is 17.0 Å². The summed E-state index contributed by atoms with van der Waals surface area (Å²) in [4.78, 5) is 27.8. The molecule has 8 nitrogen and oxygen atoms in total. The lowest BCUT2D eigenvalue weighted by molar-refractivity contribution is -0.134. The van der Waals surface area contributed by atoms with Gasteiger partial charge < -0.3 is 15.5 Å². The minimum Gasteiger partial charge on any atom is -0.340 e. The van der Waals surface area contributed by atoms with Gasteiger partial charge in [-0.25, -0.2) is 17.2 Å². The molecular weight excluding hydrogens is 502 g/mol. The normalized spacial score (nSPS) is 20.9. The van der Waals surface area contributed by atoms with Crippen LogP contribution in [-0.4, -0.2) is 80.5 Å². The molecule has 2 aromatic rings. The molecule has 2 N–H and O–H groups in total. The van der Waals surface area contributed by atoms with Gasteiger partial charge >= 0.3 is 0 Å². The Morgan fingerprint density at radius 2 is 1.68 bits per heavy atom. The van der Waals surface area contributed by atoms with E-state index in [9.17, 15) is 26.8 Å². The number of hydrogen-bond donors (Lipinski definition) is 2. The van der Waals surface area contributed by atoms with E-state index in [1.165, 1.54) is 40.7 Å². The average molecular weight is 535 g/mol. The molecule has 2 amide bonds. The second kappa shape index (κ2) is 11.7. The quantitative estimate of drug-likeness (QED) is 0.486. The third-order valence-corrected chi connectivity index (χ3v) is 8.22. The van der Waals surface area contributed by atoms with Crippen molar-refractivity contribution in [3.63, 3.8) is 0 Å². The maximum atomic E-state index is 13.4. The Bertz CT molecular complexity index is 1200. The summed E-state index contributed by atoms with van der Waals surface area (Å²) in [6.45, 7) is 0.737. The highest BCUT2D eigenvalue weighted by Gasteiger charge is 2.38. The maximum absolute atomic E-state index is 13.4. The van der Waals surface area contributed by atoms with E-state index in [0.717, 1.165) is 18.2 Å². The molecule has 1 saturated heterocycles. The van der Waals surface area contributed by atoms with Crippen LogP contribution in [0.15, 0.2) is 48.5 Å². The first-order valence-electron chi connectivity index (χ1n) is 12.3. The van der Waals surface area contributed by atoms with Crippen molar-refractivity contribution in [2.45, 2.75) is 37.5 Å². The molecule has 0 radical (unpaired) electrons. The van der Waals surface area contributed by atoms with Gasteiger partial charge in [-0.1, -0.05) is 24.3 Å². The Morgan fingerprint density at radius 3 is 2.27 bits per heavy atom. The monoisotopic (exact) mass is 534 g/mol. The van der Waals surface area contributed by atoms with Crippen molar-refractivity contribution in [2.75, 3.05) is 39.0 Å². The minimum absolute atomic E-state index is 0.204. The van der Waals surface area contributed by atoms with Gasteiger partial charge in [-0.2, -0.15) is 4.31 Å². The Labute approximate surface area is 216 Å². The second-order valence-electron chi connectivity index (χ2n) is 9.59. The fourth-order valence-corrected chi connectivity index (χ4v) is 5.44. The van der Waals surface area contributed by atoms with E-state index in [4.69, 9.17) is 0 Å². The summed E-state index contributed by atoms with van der Waals surface area (Å²) in [5, 5.41) is 6.23. The van der Waals surface area contributed by atoms with Crippen LogP contribution in [0.3, 0.4) is 0 Å². The number of carbonyl (C=O) groups is 2. The Hall–Kier alpha value is -2.89. The summed E-state index contributed by atoms with van der Waals surface area (Å²) in [6.07, 6.45) is 2.39. The Balaban J connectivity index is 1.37. The number of sulfonamides is 1. The molecule has 1 aliphatic heterocycles. The molecule has 11 heteroatoms. The highest BCUT2D eigenvalue weighted by atomic mass is 32.2. The highest BCUT2D eigenvalue weighted by molar-refractivity contribution is 7.88. The van der Waals surface area contributed by atoms with Gasteiger partial charge in [0.05, 0.1) is 6.26 Å². The fourth-order valence-electron chi connectivity index (χ4n) is 4.62. The molecule has 0 aromatic heterocycles. The first-order chi connectivity index (χ1) is 17.7. The molecule has 2 fully saturated rings. The number of rotatable bonds is 10. The molecule has 1 saturated carbocycles. The van der Waals surface area contributed by atoms with E-state index in [2.05, 4.69) is 10.6 Å². The smallest absolute Gasteiger partial charge is 0.251 e. The molecular formula is C26H32F2N4O4S. The van der Waals surface area contributed by atoms with Crippen LogP contribution in [0, 0.1) is 5.82 Å². The van der Waals surface area contributed by atoms with E-state index in [-0.39, 0.29) is 49.9 Å². The van der Waals surface area contributed by atoms with E-state index in [0.29, 0.717) is 24.1 Å². The number of piperazine rings is 1. The van der Waals surface area contributed by atoms with Gasteiger partial charge in [-0.05, 0) is 54.8 Å². The van der Waals surface area contributed by atoms with Crippen molar-refractivity contribution in [3.05, 3.63) is 71.0 Å². The lowest BCUT2D eigenvalue weighted by Gasteiger charge is -2.35. The summed E-state index contributed by atoms with van der Waals surface area (Å²) in [7, 11) is -3.34. The largest absolute Gasteiger partial charge is 0.340 e. The van der Waals surface area contributed by atoms with Crippen LogP contribution in [0.2, 0.25) is 0 Å². The van der Waals surface area contributed by atoms with Crippen LogP contribution in [0.1, 0.15) is 40.2 Å². The van der Waals surface area contributed by atoms with Crippen LogP contribution < -0.4 is 10.6 Å². The first kappa shape index (κ1) is 27.2. The van der Waals surface area contributed by atoms with E-state index < -0.39 is 28.6 Å². The van der Waals surface area contributed by atoms with Crippen molar-refractivity contribution >= 4 is 21.8 Å². The van der Waals surface area contributed by atoms with Crippen molar-refractivity contribution in [1.29, 1.82) is 0 Å². The number of halogens is 2. The molecule has 3 atom stereocenters. The van der Waals surface area contributed by atoms with E-state index >= 15 is 0 Å². The van der Waals surface area contributed by atoms with Crippen molar-refractivity contribution in [1.82, 2.24) is 19.8 Å². The summed E-state index contributed by atoms with van der Waals surface area (Å²) < 4.78 is 51.0. The van der Waals surface area contributed by atoms with Gasteiger partial charge in [0.15, 0.2) is 0 Å². The number of hydrogen-bond acceptors (Lipinski definition) is 5. The van der Waals surface area contributed by atoms with Gasteiger partial charge in [0.1, 0.15) is 18.5 Å². The minimum atomic E-state index is -3.34. The number of nitrogens with zero attached hydrogens (tertiary/aromatic N) is 2. The molecule has 0 unspecified atom stereocenters. The third kappa shape index (κ3) is 7.12.